The van der Waals surface area contributed by atoms with E-state index in [0.29, 0.717) is 11.9 Å². The first-order valence-electron chi connectivity index (χ1n) is 4.63. The zero-order chi connectivity index (χ0) is 9.84. The lowest BCUT2D eigenvalue weighted by Gasteiger charge is -2.27. The van der Waals surface area contributed by atoms with E-state index in [4.69, 9.17) is 5.73 Å². The van der Waals surface area contributed by atoms with Crippen molar-refractivity contribution in [2.45, 2.75) is 26.8 Å². The number of nitrogens with two attached hydrogens (primary N) is 1. The van der Waals surface area contributed by atoms with Crippen LogP contribution in [0.4, 0.5) is 11.5 Å². The second-order valence-corrected chi connectivity index (χ2v) is 3.32. The van der Waals surface area contributed by atoms with Gasteiger partial charge in [-0.05, 0) is 26.8 Å². The molecule has 0 radical (unpaired) electrons. The summed E-state index contributed by atoms with van der Waals surface area (Å²) in [7, 11) is 0. The van der Waals surface area contributed by atoms with Gasteiger partial charge in [0.2, 0.25) is 0 Å². The van der Waals surface area contributed by atoms with Gasteiger partial charge in [-0.1, -0.05) is 0 Å². The summed E-state index contributed by atoms with van der Waals surface area (Å²) in [4.78, 5) is 6.24. The average Bonchev–Trinajstić information content (AvgIpc) is 2.04. The van der Waals surface area contributed by atoms with E-state index < -0.39 is 0 Å². The molecule has 0 aliphatic rings. The van der Waals surface area contributed by atoms with Crippen LogP contribution in [0.15, 0.2) is 18.3 Å². The zero-order valence-electron chi connectivity index (χ0n) is 8.49. The Balaban J connectivity index is 2.91. The predicted molar refractivity (Wildman–Crippen MR) is 56.8 cm³/mol. The average molecular weight is 179 g/mol. The van der Waals surface area contributed by atoms with Crippen LogP contribution in [0.25, 0.3) is 0 Å². The van der Waals surface area contributed by atoms with Crippen molar-refractivity contribution < 1.29 is 0 Å². The lowest BCUT2D eigenvalue weighted by atomic mass is 10.2. The summed E-state index contributed by atoms with van der Waals surface area (Å²) in [5.74, 6) is 0.580. The third-order valence-electron chi connectivity index (χ3n) is 2.06. The maximum atomic E-state index is 5.61. The molecule has 72 valence electrons. The fraction of sp³-hybridized carbons (Fsp3) is 0.500. The maximum absolute atomic E-state index is 5.61. The first kappa shape index (κ1) is 9.84. The molecule has 3 nitrogen and oxygen atoms in total. The standard InChI is InChI=1S/C10H17N3/c1-4-13(8(2)3)9-5-6-12-10(11)7-9/h5-8H,4H2,1-3H3,(H2,11,12). The summed E-state index contributed by atoms with van der Waals surface area (Å²) in [5, 5.41) is 0. The third-order valence-corrected chi connectivity index (χ3v) is 2.06. The SMILES string of the molecule is CCN(c1ccnc(N)c1)C(C)C. The summed E-state index contributed by atoms with van der Waals surface area (Å²) in [5.41, 5.74) is 6.76. The Kier molecular flexibility index (Phi) is 3.12. The van der Waals surface area contributed by atoms with Gasteiger partial charge < -0.3 is 10.6 Å². The van der Waals surface area contributed by atoms with E-state index in [-0.39, 0.29) is 0 Å². The van der Waals surface area contributed by atoms with Crippen molar-refractivity contribution >= 4 is 11.5 Å². The van der Waals surface area contributed by atoms with Gasteiger partial charge in [-0.25, -0.2) is 4.98 Å². The fourth-order valence-corrected chi connectivity index (χ4v) is 1.46. The minimum atomic E-state index is 0.492. The van der Waals surface area contributed by atoms with Crippen LogP contribution < -0.4 is 10.6 Å². The molecule has 0 saturated heterocycles. The van der Waals surface area contributed by atoms with Crippen LogP contribution in [0.2, 0.25) is 0 Å². The Morgan fingerprint density at radius 2 is 2.23 bits per heavy atom. The Morgan fingerprint density at radius 3 is 2.69 bits per heavy atom. The molecule has 0 amide bonds. The number of aromatic nitrogens is 1. The molecule has 1 heterocycles. The van der Waals surface area contributed by atoms with Crippen LogP contribution >= 0.6 is 0 Å². The molecule has 1 aromatic rings. The molecule has 0 saturated carbocycles. The number of hydrogen-bond donors (Lipinski definition) is 1. The van der Waals surface area contributed by atoms with E-state index in [0.717, 1.165) is 12.2 Å². The molecule has 0 bridgehead atoms. The molecular formula is C10H17N3. The number of nitrogen functional groups attached to an aromatic ring is 1. The first-order valence-corrected chi connectivity index (χ1v) is 4.63. The van der Waals surface area contributed by atoms with E-state index in [2.05, 4.69) is 30.7 Å². The highest BCUT2D eigenvalue weighted by Crippen LogP contribution is 2.17. The lowest BCUT2D eigenvalue weighted by Crippen LogP contribution is -2.30. The number of rotatable bonds is 3. The largest absolute Gasteiger partial charge is 0.384 e. The molecule has 2 N–H and O–H groups in total. The third kappa shape index (κ3) is 2.34. The highest BCUT2D eigenvalue weighted by molar-refractivity contribution is 5.52. The maximum Gasteiger partial charge on any atom is 0.125 e. The van der Waals surface area contributed by atoms with Gasteiger partial charge in [0.15, 0.2) is 0 Å². The molecule has 1 rings (SSSR count). The highest BCUT2D eigenvalue weighted by Gasteiger charge is 2.07. The van der Waals surface area contributed by atoms with E-state index >= 15 is 0 Å². The summed E-state index contributed by atoms with van der Waals surface area (Å²) in [6.07, 6.45) is 1.75. The van der Waals surface area contributed by atoms with Crippen LogP contribution in [0.5, 0.6) is 0 Å². The molecule has 0 fully saturated rings. The second kappa shape index (κ2) is 4.12. The van der Waals surface area contributed by atoms with Crippen molar-refractivity contribution in [3.8, 4) is 0 Å². The van der Waals surface area contributed by atoms with Crippen molar-refractivity contribution in [2.24, 2.45) is 0 Å². The van der Waals surface area contributed by atoms with Gasteiger partial charge in [-0.3, -0.25) is 0 Å². The smallest absolute Gasteiger partial charge is 0.125 e. The molecule has 0 spiro atoms. The molecule has 13 heavy (non-hydrogen) atoms. The highest BCUT2D eigenvalue weighted by atomic mass is 15.1. The van der Waals surface area contributed by atoms with E-state index in [1.165, 1.54) is 0 Å². The quantitative estimate of drug-likeness (QED) is 0.770. The van der Waals surface area contributed by atoms with Gasteiger partial charge in [0, 0.05) is 30.5 Å². The Morgan fingerprint density at radius 1 is 1.54 bits per heavy atom. The molecular weight excluding hydrogens is 162 g/mol. The Labute approximate surface area is 79.6 Å². The van der Waals surface area contributed by atoms with Gasteiger partial charge in [0.05, 0.1) is 0 Å². The van der Waals surface area contributed by atoms with Crippen molar-refractivity contribution in [3.05, 3.63) is 18.3 Å². The normalized spacial score (nSPS) is 10.5. The van der Waals surface area contributed by atoms with Crippen molar-refractivity contribution in [1.82, 2.24) is 4.98 Å². The second-order valence-electron chi connectivity index (χ2n) is 3.32. The molecule has 0 aromatic carbocycles. The van der Waals surface area contributed by atoms with Gasteiger partial charge in [0.1, 0.15) is 5.82 Å². The van der Waals surface area contributed by atoms with Crippen LogP contribution in [-0.2, 0) is 0 Å². The van der Waals surface area contributed by atoms with Gasteiger partial charge in [-0.2, -0.15) is 0 Å². The lowest BCUT2D eigenvalue weighted by molar-refractivity contribution is 0.703. The first-order chi connectivity index (χ1) is 6.15. The molecule has 1 aromatic heterocycles. The summed E-state index contributed by atoms with van der Waals surface area (Å²) < 4.78 is 0. The predicted octanol–water partition coefficient (Wildman–Crippen LogP) is 1.90. The number of hydrogen-bond acceptors (Lipinski definition) is 3. The number of anilines is 2. The fourth-order valence-electron chi connectivity index (χ4n) is 1.46. The summed E-state index contributed by atoms with van der Waals surface area (Å²) in [6.45, 7) is 7.46. The van der Waals surface area contributed by atoms with Crippen LogP contribution in [0.3, 0.4) is 0 Å². The number of nitrogens with zero attached hydrogens (tertiary/aromatic N) is 2. The van der Waals surface area contributed by atoms with Crippen LogP contribution in [0, 0.1) is 0 Å². The van der Waals surface area contributed by atoms with E-state index in [9.17, 15) is 0 Å². The van der Waals surface area contributed by atoms with Gasteiger partial charge in [0.25, 0.3) is 0 Å². The summed E-state index contributed by atoms with van der Waals surface area (Å²) >= 11 is 0. The van der Waals surface area contributed by atoms with Crippen molar-refractivity contribution in [2.75, 3.05) is 17.2 Å². The Hall–Kier alpha value is -1.25. The zero-order valence-corrected chi connectivity index (χ0v) is 8.49. The Bertz CT molecular complexity index is 271. The topological polar surface area (TPSA) is 42.2 Å². The van der Waals surface area contributed by atoms with E-state index in [1.807, 2.05) is 12.1 Å². The molecule has 3 heteroatoms. The molecule has 0 aliphatic heterocycles. The van der Waals surface area contributed by atoms with Gasteiger partial charge in [-0.15, -0.1) is 0 Å². The minimum Gasteiger partial charge on any atom is -0.384 e. The minimum absolute atomic E-state index is 0.492. The van der Waals surface area contributed by atoms with E-state index in [1.54, 1.807) is 6.20 Å². The van der Waals surface area contributed by atoms with Crippen LogP contribution in [-0.4, -0.2) is 17.6 Å². The molecule has 0 aliphatic carbocycles. The van der Waals surface area contributed by atoms with Crippen molar-refractivity contribution in [1.29, 1.82) is 0 Å². The molecule has 0 atom stereocenters. The van der Waals surface area contributed by atoms with Crippen molar-refractivity contribution in [3.63, 3.8) is 0 Å². The van der Waals surface area contributed by atoms with Gasteiger partial charge >= 0.3 is 0 Å². The number of pyridine rings is 1. The molecule has 0 unspecified atom stereocenters. The summed E-state index contributed by atoms with van der Waals surface area (Å²) in [6, 6.07) is 4.38. The van der Waals surface area contributed by atoms with Crippen LogP contribution in [0.1, 0.15) is 20.8 Å². The monoisotopic (exact) mass is 179 g/mol.